The third kappa shape index (κ3) is 2.03. The first-order chi connectivity index (χ1) is 8.05. The maximum Gasteiger partial charge on any atom is 0.331 e. The molecule has 0 saturated carbocycles. The van der Waals surface area contributed by atoms with E-state index in [1.165, 1.54) is 12.3 Å². The van der Waals surface area contributed by atoms with Crippen molar-refractivity contribution in [3.8, 4) is 0 Å². The molecule has 0 aromatic carbocycles. The number of rotatable bonds is 3. The van der Waals surface area contributed by atoms with Gasteiger partial charge in [0.2, 0.25) is 0 Å². The van der Waals surface area contributed by atoms with Gasteiger partial charge in [-0.3, -0.25) is 4.79 Å². The van der Waals surface area contributed by atoms with Crippen LogP contribution in [0, 0.1) is 6.92 Å². The molecule has 1 aromatic heterocycles. The van der Waals surface area contributed by atoms with Gasteiger partial charge in [0.1, 0.15) is 5.76 Å². The van der Waals surface area contributed by atoms with Crippen molar-refractivity contribution >= 4 is 11.9 Å². The SMILES string of the molecule is Cc1occc1C(=O)NC1(C(=O)O)CCOC1. The Labute approximate surface area is 97.6 Å². The predicted octanol–water partition coefficient (Wildman–Crippen LogP) is 0.562. The van der Waals surface area contributed by atoms with Gasteiger partial charge in [0.05, 0.1) is 18.4 Å². The van der Waals surface area contributed by atoms with Gasteiger partial charge in [-0.15, -0.1) is 0 Å². The summed E-state index contributed by atoms with van der Waals surface area (Å²) in [5.74, 6) is -1.07. The second-order valence-corrected chi connectivity index (χ2v) is 4.03. The third-order valence-electron chi connectivity index (χ3n) is 2.89. The summed E-state index contributed by atoms with van der Waals surface area (Å²) in [6.07, 6.45) is 1.66. The van der Waals surface area contributed by atoms with Crippen molar-refractivity contribution in [3.05, 3.63) is 23.7 Å². The average molecular weight is 239 g/mol. The standard InChI is InChI=1S/C11H13NO5/c1-7-8(2-4-17-7)9(13)12-11(10(14)15)3-5-16-6-11/h2,4H,3,5-6H2,1H3,(H,12,13)(H,14,15). The molecule has 0 radical (unpaired) electrons. The van der Waals surface area contributed by atoms with E-state index in [1.807, 2.05) is 0 Å². The zero-order valence-corrected chi connectivity index (χ0v) is 9.36. The molecular weight excluding hydrogens is 226 g/mol. The molecule has 1 atom stereocenters. The molecule has 6 nitrogen and oxygen atoms in total. The first kappa shape index (κ1) is 11.7. The van der Waals surface area contributed by atoms with Crippen LogP contribution in [0.1, 0.15) is 22.5 Å². The molecule has 1 aliphatic rings. The number of ether oxygens (including phenoxy) is 1. The summed E-state index contributed by atoms with van der Waals surface area (Å²) in [5.41, 5.74) is -0.974. The highest BCUT2D eigenvalue weighted by Gasteiger charge is 2.44. The van der Waals surface area contributed by atoms with Gasteiger partial charge in [0.15, 0.2) is 5.54 Å². The molecule has 1 aliphatic heterocycles. The first-order valence-electron chi connectivity index (χ1n) is 5.23. The molecule has 17 heavy (non-hydrogen) atoms. The van der Waals surface area contributed by atoms with Crippen LogP contribution in [0.15, 0.2) is 16.7 Å². The van der Waals surface area contributed by atoms with Crippen molar-refractivity contribution < 1.29 is 23.8 Å². The molecule has 0 spiro atoms. The Hall–Kier alpha value is -1.82. The number of aliphatic carboxylic acids is 1. The van der Waals surface area contributed by atoms with Crippen LogP contribution in [0.5, 0.6) is 0 Å². The van der Waals surface area contributed by atoms with Gasteiger partial charge in [-0.05, 0) is 13.0 Å². The number of carbonyl (C=O) groups is 2. The number of nitrogens with one attached hydrogen (secondary N) is 1. The fraction of sp³-hybridized carbons (Fsp3) is 0.455. The van der Waals surface area contributed by atoms with E-state index in [0.717, 1.165) is 0 Å². The molecule has 0 bridgehead atoms. The topological polar surface area (TPSA) is 88.8 Å². The van der Waals surface area contributed by atoms with E-state index in [2.05, 4.69) is 5.32 Å². The second kappa shape index (κ2) is 4.21. The third-order valence-corrected chi connectivity index (χ3v) is 2.89. The van der Waals surface area contributed by atoms with Crippen LogP contribution < -0.4 is 5.32 Å². The lowest BCUT2D eigenvalue weighted by atomic mass is 9.98. The zero-order chi connectivity index (χ0) is 12.5. The number of carbonyl (C=O) groups excluding carboxylic acids is 1. The largest absolute Gasteiger partial charge is 0.479 e. The van der Waals surface area contributed by atoms with Crippen LogP contribution in [0.25, 0.3) is 0 Å². The van der Waals surface area contributed by atoms with E-state index >= 15 is 0 Å². The highest BCUT2D eigenvalue weighted by Crippen LogP contribution is 2.20. The first-order valence-corrected chi connectivity index (χ1v) is 5.23. The highest BCUT2D eigenvalue weighted by atomic mass is 16.5. The van der Waals surface area contributed by atoms with Gasteiger partial charge in [-0.2, -0.15) is 0 Å². The van der Waals surface area contributed by atoms with Crippen LogP contribution in [0.3, 0.4) is 0 Å². The van der Waals surface area contributed by atoms with Gasteiger partial charge >= 0.3 is 5.97 Å². The summed E-state index contributed by atoms with van der Waals surface area (Å²) in [6, 6.07) is 1.51. The molecular formula is C11H13NO5. The van der Waals surface area contributed by atoms with E-state index in [-0.39, 0.29) is 13.0 Å². The maximum atomic E-state index is 11.9. The lowest BCUT2D eigenvalue weighted by Gasteiger charge is -2.23. The maximum absolute atomic E-state index is 11.9. The summed E-state index contributed by atoms with van der Waals surface area (Å²) in [6.45, 7) is 1.97. The fourth-order valence-electron chi connectivity index (χ4n) is 1.79. The van der Waals surface area contributed by atoms with Crippen molar-refractivity contribution in [3.63, 3.8) is 0 Å². The van der Waals surface area contributed by atoms with Gasteiger partial charge in [0, 0.05) is 13.0 Å². The number of carboxylic acids is 1. The fourth-order valence-corrected chi connectivity index (χ4v) is 1.79. The number of hydrogen-bond donors (Lipinski definition) is 2. The Morgan fingerprint density at radius 3 is 2.76 bits per heavy atom. The minimum atomic E-state index is -1.32. The summed E-state index contributed by atoms with van der Waals surface area (Å²) in [7, 11) is 0. The minimum absolute atomic E-state index is 0.00896. The van der Waals surface area contributed by atoms with Crippen molar-refractivity contribution in [2.75, 3.05) is 13.2 Å². The molecule has 1 amide bonds. The van der Waals surface area contributed by atoms with Crippen molar-refractivity contribution in [1.82, 2.24) is 5.32 Å². The summed E-state index contributed by atoms with van der Waals surface area (Å²) in [5, 5.41) is 11.7. The van der Waals surface area contributed by atoms with E-state index < -0.39 is 17.4 Å². The van der Waals surface area contributed by atoms with Crippen molar-refractivity contribution in [1.29, 1.82) is 0 Å². The van der Waals surface area contributed by atoms with Gasteiger partial charge in [0.25, 0.3) is 5.91 Å². The molecule has 1 saturated heterocycles. The number of carboxylic acid groups (broad SMARTS) is 1. The van der Waals surface area contributed by atoms with Crippen LogP contribution in [0.2, 0.25) is 0 Å². The minimum Gasteiger partial charge on any atom is -0.479 e. The van der Waals surface area contributed by atoms with Gasteiger partial charge < -0.3 is 19.6 Å². The molecule has 6 heteroatoms. The molecule has 1 fully saturated rings. The summed E-state index contributed by atoms with van der Waals surface area (Å²) in [4.78, 5) is 23.1. The number of hydrogen-bond acceptors (Lipinski definition) is 4. The monoisotopic (exact) mass is 239 g/mol. The van der Waals surface area contributed by atoms with E-state index in [1.54, 1.807) is 6.92 Å². The number of aryl methyl sites for hydroxylation is 1. The van der Waals surface area contributed by atoms with E-state index in [0.29, 0.717) is 17.9 Å². The van der Waals surface area contributed by atoms with Crippen molar-refractivity contribution in [2.45, 2.75) is 18.9 Å². The summed E-state index contributed by atoms with van der Waals surface area (Å²) < 4.78 is 10.1. The molecule has 1 aromatic rings. The van der Waals surface area contributed by atoms with E-state index in [9.17, 15) is 9.59 Å². The second-order valence-electron chi connectivity index (χ2n) is 4.03. The normalized spacial score (nSPS) is 23.6. The number of furan rings is 1. The lowest BCUT2D eigenvalue weighted by molar-refractivity contribution is -0.144. The van der Waals surface area contributed by atoms with Gasteiger partial charge in [-0.25, -0.2) is 4.79 Å². The van der Waals surface area contributed by atoms with Crippen LogP contribution in [-0.4, -0.2) is 35.7 Å². The predicted molar refractivity (Wildman–Crippen MR) is 56.7 cm³/mol. The molecule has 2 heterocycles. The Kier molecular flexibility index (Phi) is 2.89. The van der Waals surface area contributed by atoms with Crippen LogP contribution >= 0.6 is 0 Å². The molecule has 92 valence electrons. The molecule has 2 rings (SSSR count). The van der Waals surface area contributed by atoms with Crippen LogP contribution in [-0.2, 0) is 9.53 Å². The Bertz CT molecular complexity index is 444. The van der Waals surface area contributed by atoms with Gasteiger partial charge in [-0.1, -0.05) is 0 Å². The van der Waals surface area contributed by atoms with E-state index in [4.69, 9.17) is 14.3 Å². The van der Waals surface area contributed by atoms with Crippen molar-refractivity contribution in [2.24, 2.45) is 0 Å². The smallest absolute Gasteiger partial charge is 0.331 e. The average Bonchev–Trinajstić information content (AvgIpc) is 2.87. The quantitative estimate of drug-likeness (QED) is 0.804. The Morgan fingerprint density at radius 1 is 1.53 bits per heavy atom. The number of amides is 1. The molecule has 0 aliphatic carbocycles. The molecule has 1 unspecified atom stereocenters. The Morgan fingerprint density at radius 2 is 2.29 bits per heavy atom. The summed E-state index contributed by atoms with van der Waals surface area (Å²) >= 11 is 0. The highest BCUT2D eigenvalue weighted by molar-refractivity contribution is 5.98. The zero-order valence-electron chi connectivity index (χ0n) is 9.36. The lowest BCUT2D eigenvalue weighted by Crippen LogP contribution is -2.55. The Balaban J connectivity index is 2.17. The van der Waals surface area contributed by atoms with Crippen LogP contribution in [0.4, 0.5) is 0 Å². The molecule has 2 N–H and O–H groups in total.